The summed E-state index contributed by atoms with van der Waals surface area (Å²) >= 11 is 0. The molecule has 0 aliphatic rings. The molecule has 0 saturated heterocycles. The van der Waals surface area contributed by atoms with Crippen molar-refractivity contribution in [1.29, 1.82) is 5.26 Å². The van der Waals surface area contributed by atoms with Crippen molar-refractivity contribution < 1.29 is 13.9 Å². The molecule has 0 spiro atoms. The third-order valence-electron chi connectivity index (χ3n) is 4.61. The molecule has 0 bridgehead atoms. The molecule has 30 heavy (non-hydrogen) atoms. The van der Waals surface area contributed by atoms with Gasteiger partial charge in [-0.3, -0.25) is 4.79 Å². The first-order valence-electron chi connectivity index (χ1n) is 9.89. The molecule has 158 valence electrons. The van der Waals surface area contributed by atoms with E-state index < -0.39 is 5.41 Å². The molecule has 0 aliphatic carbocycles. The zero-order chi connectivity index (χ0) is 22.3. The number of halogens is 1. The Morgan fingerprint density at radius 2 is 1.87 bits per heavy atom. The van der Waals surface area contributed by atoms with Gasteiger partial charge in [-0.25, -0.2) is 4.39 Å². The molecule has 1 atom stereocenters. The number of ether oxygens (including phenoxy) is 1. The second-order valence-electron chi connectivity index (χ2n) is 8.57. The summed E-state index contributed by atoms with van der Waals surface area (Å²) in [6.07, 6.45) is 4.11. The normalized spacial score (nSPS) is 12.7. The van der Waals surface area contributed by atoms with Gasteiger partial charge in [0.25, 0.3) is 0 Å². The summed E-state index contributed by atoms with van der Waals surface area (Å²) in [6, 6.07) is 13.9. The van der Waals surface area contributed by atoms with Crippen LogP contribution in [-0.4, -0.2) is 31.5 Å². The summed E-state index contributed by atoms with van der Waals surface area (Å²) in [5.74, 6) is -0.771. The highest BCUT2D eigenvalue weighted by atomic mass is 19.1. The lowest BCUT2D eigenvalue weighted by Gasteiger charge is -2.21. The fraction of sp³-hybridized carbons (Fsp3) is 0.360. The van der Waals surface area contributed by atoms with Gasteiger partial charge in [0.1, 0.15) is 12.4 Å². The zero-order valence-electron chi connectivity index (χ0n) is 18.3. The highest BCUT2D eigenvalue weighted by molar-refractivity contribution is 5.75. The van der Waals surface area contributed by atoms with Crippen molar-refractivity contribution in [2.75, 3.05) is 20.6 Å². The number of carbonyl (C=O) groups excluding carboxylic acids is 1. The van der Waals surface area contributed by atoms with Crippen LogP contribution in [0.4, 0.5) is 4.39 Å². The van der Waals surface area contributed by atoms with Gasteiger partial charge in [0.05, 0.1) is 17.0 Å². The van der Waals surface area contributed by atoms with Crippen LogP contribution in [0.15, 0.2) is 54.6 Å². The topological polar surface area (TPSA) is 53.3 Å². The summed E-state index contributed by atoms with van der Waals surface area (Å²) < 4.78 is 19.0. The predicted molar refractivity (Wildman–Crippen MR) is 116 cm³/mol. The monoisotopic (exact) mass is 408 g/mol. The van der Waals surface area contributed by atoms with Crippen LogP contribution in [0.25, 0.3) is 0 Å². The van der Waals surface area contributed by atoms with Crippen molar-refractivity contribution in [3.8, 4) is 6.07 Å². The lowest BCUT2D eigenvalue weighted by atomic mass is 9.87. The van der Waals surface area contributed by atoms with E-state index in [0.717, 1.165) is 23.2 Å². The lowest BCUT2D eigenvalue weighted by molar-refractivity contribution is -0.154. The van der Waals surface area contributed by atoms with Gasteiger partial charge in [0.15, 0.2) is 0 Å². The van der Waals surface area contributed by atoms with E-state index in [1.54, 1.807) is 45.0 Å². The van der Waals surface area contributed by atoms with Crippen molar-refractivity contribution in [3.05, 3.63) is 82.7 Å². The van der Waals surface area contributed by atoms with Crippen LogP contribution in [0.3, 0.4) is 0 Å². The Morgan fingerprint density at radius 3 is 2.43 bits per heavy atom. The first kappa shape index (κ1) is 23.3. The molecule has 4 nitrogen and oxygen atoms in total. The number of rotatable bonds is 7. The molecule has 0 amide bonds. The van der Waals surface area contributed by atoms with Crippen molar-refractivity contribution in [1.82, 2.24) is 4.90 Å². The van der Waals surface area contributed by atoms with E-state index in [4.69, 9.17) is 4.74 Å². The minimum atomic E-state index is -0.616. The molecule has 2 aromatic carbocycles. The summed E-state index contributed by atoms with van der Waals surface area (Å²) in [7, 11) is 3.96. The van der Waals surface area contributed by atoms with Crippen molar-refractivity contribution in [3.63, 3.8) is 0 Å². The molecule has 0 aliphatic heterocycles. The van der Waals surface area contributed by atoms with Crippen LogP contribution in [0, 0.1) is 22.6 Å². The maximum atomic E-state index is 13.5. The quantitative estimate of drug-likeness (QED) is 0.476. The van der Waals surface area contributed by atoms with E-state index in [0.29, 0.717) is 5.56 Å². The number of likely N-dealkylation sites (N-methyl/N-ethyl adjacent to an activating group) is 1. The molecule has 0 fully saturated rings. The number of nitrogens with zero attached hydrogens (tertiary/aromatic N) is 2. The predicted octanol–water partition coefficient (Wildman–Crippen LogP) is 5.04. The summed E-state index contributed by atoms with van der Waals surface area (Å²) in [5.41, 5.74) is 2.47. The standard InChI is InChI=1S/C25H29FN2O2/c1-25(2,3)24(29)30-17-20-15-18(16-27)8-13-23(20)22(7-6-14-28(4)5)19-9-11-21(26)12-10-19/h6-13,15,22H,14,17H2,1-5H3. The molecule has 5 heteroatoms. The van der Waals surface area contributed by atoms with E-state index in [1.165, 1.54) is 12.1 Å². The molecule has 0 heterocycles. The molecule has 2 rings (SSSR count). The van der Waals surface area contributed by atoms with Gasteiger partial charge in [0.2, 0.25) is 0 Å². The Kier molecular flexibility index (Phi) is 7.91. The molecule has 0 radical (unpaired) electrons. The maximum Gasteiger partial charge on any atom is 0.311 e. The molecule has 0 saturated carbocycles. The Morgan fingerprint density at radius 1 is 1.20 bits per heavy atom. The largest absolute Gasteiger partial charge is 0.460 e. The smallest absolute Gasteiger partial charge is 0.311 e. The molecular weight excluding hydrogens is 379 g/mol. The minimum absolute atomic E-state index is 0.0696. The van der Waals surface area contributed by atoms with Crippen LogP contribution >= 0.6 is 0 Å². The van der Waals surface area contributed by atoms with Gasteiger partial charge in [-0.15, -0.1) is 0 Å². The number of hydrogen-bond donors (Lipinski definition) is 0. The van der Waals surface area contributed by atoms with Crippen molar-refractivity contribution in [2.24, 2.45) is 5.41 Å². The van der Waals surface area contributed by atoms with Crippen LogP contribution < -0.4 is 0 Å². The zero-order valence-corrected chi connectivity index (χ0v) is 18.3. The number of nitriles is 1. The highest BCUT2D eigenvalue weighted by Gasteiger charge is 2.24. The van der Waals surface area contributed by atoms with E-state index >= 15 is 0 Å². The Bertz CT molecular complexity index is 935. The van der Waals surface area contributed by atoms with Gasteiger partial charge in [-0.05, 0) is 75.8 Å². The van der Waals surface area contributed by atoms with Gasteiger partial charge in [0, 0.05) is 12.5 Å². The Hall–Kier alpha value is -2.97. The van der Waals surface area contributed by atoms with Crippen LogP contribution in [0.1, 0.15) is 48.9 Å². The summed E-state index contributed by atoms with van der Waals surface area (Å²) in [4.78, 5) is 14.3. The molecule has 0 N–H and O–H groups in total. The van der Waals surface area contributed by atoms with Crippen molar-refractivity contribution >= 4 is 5.97 Å². The van der Waals surface area contributed by atoms with E-state index in [-0.39, 0.29) is 24.3 Å². The second kappa shape index (κ2) is 10.2. The number of esters is 1. The maximum absolute atomic E-state index is 13.5. The summed E-state index contributed by atoms with van der Waals surface area (Å²) in [6.45, 7) is 6.22. The van der Waals surface area contributed by atoms with Crippen LogP contribution in [0.5, 0.6) is 0 Å². The molecule has 2 aromatic rings. The van der Waals surface area contributed by atoms with E-state index in [1.807, 2.05) is 25.1 Å². The number of allylic oxidation sites excluding steroid dienone is 1. The third-order valence-corrected chi connectivity index (χ3v) is 4.61. The average molecular weight is 409 g/mol. The van der Waals surface area contributed by atoms with E-state index in [9.17, 15) is 14.4 Å². The highest BCUT2D eigenvalue weighted by Crippen LogP contribution is 2.31. The third kappa shape index (κ3) is 6.53. The van der Waals surface area contributed by atoms with Crippen LogP contribution in [-0.2, 0) is 16.1 Å². The number of benzene rings is 2. The fourth-order valence-corrected chi connectivity index (χ4v) is 2.94. The van der Waals surface area contributed by atoms with Gasteiger partial charge >= 0.3 is 5.97 Å². The fourth-order valence-electron chi connectivity index (χ4n) is 2.94. The molecular formula is C25H29FN2O2. The first-order chi connectivity index (χ1) is 14.1. The SMILES string of the molecule is CN(C)CC=CC(c1ccc(F)cc1)c1ccc(C#N)cc1COC(=O)C(C)(C)C. The summed E-state index contributed by atoms with van der Waals surface area (Å²) in [5, 5.41) is 9.33. The second-order valence-corrected chi connectivity index (χ2v) is 8.57. The molecule has 1 unspecified atom stereocenters. The lowest BCUT2D eigenvalue weighted by Crippen LogP contribution is -2.23. The van der Waals surface area contributed by atoms with Gasteiger partial charge in [-0.2, -0.15) is 5.26 Å². The number of hydrogen-bond acceptors (Lipinski definition) is 4. The number of carbonyl (C=O) groups is 1. The Labute approximate surface area is 178 Å². The first-order valence-corrected chi connectivity index (χ1v) is 9.89. The average Bonchev–Trinajstić information content (AvgIpc) is 2.69. The van der Waals surface area contributed by atoms with Gasteiger partial charge in [-0.1, -0.05) is 30.4 Å². The molecule has 0 aromatic heterocycles. The Balaban J connectivity index is 2.47. The van der Waals surface area contributed by atoms with Gasteiger partial charge < -0.3 is 9.64 Å². The minimum Gasteiger partial charge on any atom is -0.460 e. The van der Waals surface area contributed by atoms with Crippen molar-refractivity contribution in [2.45, 2.75) is 33.3 Å². The van der Waals surface area contributed by atoms with E-state index in [2.05, 4.69) is 18.2 Å². The van der Waals surface area contributed by atoms with Crippen LogP contribution in [0.2, 0.25) is 0 Å².